The van der Waals surface area contributed by atoms with Gasteiger partial charge >= 0.3 is 0 Å². The number of aromatic nitrogens is 2. The number of ether oxygens (including phenoxy) is 1. The Morgan fingerprint density at radius 1 is 1.53 bits per heavy atom. The maximum atomic E-state index is 12.3. The highest BCUT2D eigenvalue weighted by molar-refractivity contribution is 7.87. The average molecular weight is 288 g/mol. The fourth-order valence-corrected chi connectivity index (χ4v) is 3.40. The van der Waals surface area contributed by atoms with E-state index in [4.69, 9.17) is 4.74 Å². The van der Waals surface area contributed by atoms with Gasteiger partial charge in [-0.3, -0.25) is 0 Å². The molecule has 2 rings (SSSR count). The smallest absolute Gasteiger partial charge is 0.280 e. The lowest BCUT2D eigenvalue weighted by Crippen LogP contribution is -2.47. The molecular weight excluding hydrogens is 268 g/mol. The first kappa shape index (κ1) is 14.4. The predicted molar refractivity (Wildman–Crippen MR) is 70.8 cm³/mol. The Hall–Kier alpha value is -0.960. The molecule has 0 saturated carbocycles. The summed E-state index contributed by atoms with van der Waals surface area (Å²) in [5, 5.41) is 0. The van der Waals surface area contributed by atoms with Crippen LogP contribution in [0.1, 0.15) is 30.9 Å². The third-order valence-electron chi connectivity index (χ3n) is 3.06. The molecule has 8 heteroatoms. The molecule has 1 aromatic heterocycles. The van der Waals surface area contributed by atoms with E-state index in [2.05, 4.69) is 14.7 Å². The van der Waals surface area contributed by atoms with E-state index in [0.29, 0.717) is 38.5 Å². The van der Waals surface area contributed by atoms with Gasteiger partial charge in [0.15, 0.2) is 0 Å². The second-order valence-corrected chi connectivity index (χ2v) is 6.25. The van der Waals surface area contributed by atoms with Gasteiger partial charge in [0.1, 0.15) is 5.82 Å². The van der Waals surface area contributed by atoms with Crippen molar-refractivity contribution < 1.29 is 13.2 Å². The van der Waals surface area contributed by atoms with E-state index >= 15 is 0 Å². The third-order valence-corrected chi connectivity index (χ3v) is 4.69. The van der Waals surface area contributed by atoms with E-state index in [9.17, 15) is 8.42 Å². The highest BCUT2D eigenvalue weighted by atomic mass is 32.2. The largest absolute Gasteiger partial charge is 0.379 e. The Bertz CT molecular complexity index is 508. The van der Waals surface area contributed by atoms with E-state index < -0.39 is 10.2 Å². The first-order valence-electron chi connectivity index (χ1n) is 6.39. The number of imidazole rings is 1. The molecule has 1 aliphatic heterocycles. The number of aromatic amines is 1. The van der Waals surface area contributed by atoms with Gasteiger partial charge in [0, 0.05) is 25.0 Å². The molecule has 0 bridgehead atoms. The lowest BCUT2D eigenvalue weighted by atomic mass is 10.2. The minimum absolute atomic E-state index is 0.332. The Labute approximate surface area is 113 Å². The number of hydrogen-bond acceptors (Lipinski definition) is 4. The van der Waals surface area contributed by atoms with Crippen LogP contribution in [0, 0.1) is 6.92 Å². The van der Waals surface area contributed by atoms with Crippen molar-refractivity contribution in [1.82, 2.24) is 19.0 Å². The third kappa shape index (κ3) is 3.53. The molecule has 0 aromatic carbocycles. The van der Waals surface area contributed by atoms with E-state index in [1.54, 1.807) is 6.20 Å². The summed E-state index contributed by atoms with van der Waals surface area (Å²) in [4.78, 5) is 7.26. The van der Waals surface area contributed by atoms with Gasteiger partial charge in [0.25, 0.3) is 10.2 Å². The van der Waals surface area contributed by atoms with Gasteiger partial charge in [-0.15, -0.1) is 0 Å². The maximum Gasteiger partial charge on any atom is 0.280 e. The zero-order valence-corrected chi connectivity index (χ0v) is 12.0. The Balaban J connectivity index is 2.08. The van der Waals surface area contributed by atoms with Crippen LogP contribution in [-0.2, 0) is 14.9 Å². The van der Waals surface area contributed by atoms with Crippen molar-refractivity contribution in [1.29, 1.82) is 0 Å². The molecule has 19 heavy (non-hydrogen) atoms. The van der Waals surface area contributed by atoms with Crippen molar-refractivity contribution in [3.05, 3.63) is 17.7 Å². The summed E-state index contributed by atoms with van der Waals surface area (Å²) < 4.78 is 33.8. The zero-order valence-electron chi connectivity index (χ0n) is 11.2. The molecule has 1 aromatic rings. The number of hydrogen-bond donors (Lipinski definition) is 2. The van der Waals surface area contributed by atoms with Crippen LogP contribution in [0.5, 0.6) is 0 Å². The van der Waals surface area contributed by atoms with Crippen LogP contribution < -0.4 is 4.72 Å². The highest BCUT2D eigenvalue weighted by Gasteiger charge is 2.27. The molecule has 0 aliphatic carbocycles. The molecule has 108 valence electrons. The summed E-state index contributed by atoms with van der Waals surface area (Å²) >= 11 is 0. The fraction of sp³-hybridized carbons (Fsp3) is 0.727. The molecule has 1 unspecified atom stereocenters. The number of aryl methyl sites for hydroxylation is 1. The van der Waals surface area contributed by atoms with E-state index in [1.807, 2.05) is 13.8 Å². The topological polar surface area (TPSA) is 87.3 Å². The van der Waals surface area contributed by atoms with Crippen molar-refractivity contribution in [3.63, 3.8) is 0 Å². The van der Waals surface area contributed by atoms with Crippen molar-refractivity contribution in [2.45, 2.75) is 26.3 Å². The molecule has 1 fully saturated rings. The van der Waals surface area contributed by atoms with Crippen molar-refractivity contribution in [2.24, 2.45) is 0 Å². The summed E-state index contributed by atoms with van der Waals surface area (Å²) in [5.74, 6) is 0.650. The summed E-state index contributed by atoms with van der Waals surface area (Å²) in [5.41, 5.74) is 0.916. The van der Waals surface area contributed by atoms with E-state index in [0.717, 1.165) is 5.69 Å². The van der Waals surface area contributed by atoms with Crippen LogP contribution in [0.2, 0.25) is 0 Å². The number of nitrogens with one attached hydrogen (secondary N) is 2. The van der Waals surface area contributed by atoms with Crippen molar-refractivity contribution >= 4 is 10.2 Å². The minimum atomic E-state index is -3.49. The molecule has 1 saturated heterocycles. The monoisotopic (exact) mass is 288 g/mol. The van der Waals surface area contributed by atoms with Gasteiger partial charge in [0.05, 0.1) is 19.3 Å². The number of H-pyrrole nitrogens is 1. The molecule has 0 radical (unpaired) electrons. The Morgan fingerprint density at radius 3 is 2.74 bits per heavy atom. The number of morpholine rings is 1. The second-order valence-electron chi connectivity index (χ2n) is 4.55. The summed E-state index contributed by atoms with van der Waals surface area (Å²) in [7, 11) is -3.49. The van der Waals surface area contributed by atoms with Crippen LogP contribution in [0.3, 0.4) is 0 Å². The van der Waals surface area contributed by atoms with Crippen molar-refractivity contribution in [3.8, 4) is 0 Å². The lowest BCUT2D eigenvalue weighted by molar-refractivity contribution is 0.0723. The molecule has 2 N–H and O–H groups in total. The zero-order chi connectivity index (χ0) is 13.9. The molecule has 7 nitrogen and oxygen atoms in total. The molecular formula is C11H20N4O3S. The second kappa shape index (κ2) is 6.00. The molecule has 0 amide bonds. The van der Waals surface area contributed by atoms with Gasteiger partial charge in [0.2, 0.25) is 0 Å². The molecule has 0 spiro atoms. The van der Waals surface area contributed by atoms with E-state index in [-0.39, 0.29) is 6.04 Å². The molecule has 2 heterocycles. The fourth-order valence-electron chi connectivity index (χ4n) is 1.98. The quantitative estimate of drug-likeness (QED) is 0.817. The van der Waals surface area contributed by atoms with Crippen LogP contribution in [0.15, 0.2) is 6.20 Å². The highest BCUT2D eigenvalue weighted by Crippen LogP contribution is 2.16. The first-order chi connectivity index (χ1) is 9.03. The van der Waals surface area contributed by atoms with Crippen LogP contribution >= 0.6 is 0 Å². The SMILES string of the molecule is CCC(NS(=O)(=O)N1CCOCC1)c1ncc(C)[nH]1. The average Bonchev–Trinajstić information content (AvgIpc) is 2.84. The Kier molecular flexibility index (Phi) is 4.56. The predicted octanol–water partition coefficient (Wildman–Crippen LogP) is 0.336. The van der Waals surface area contributed by atoms with Crippen molar-refractivity contribution in [2.75, 3.05) is 26.3 Å². The van der Waals surface area contributed by atoms with Crippen LogP contribution in [0.25, 0.3) is 0 Å². The maximum absolute atomic E-state index is 12.3. The standard InChI is InChI=1S/C11H20N4O3S/c1-3-10(11-12-8-9(2)13-11)14-19(16,17)15-4-6-18-7-5-15/h8,10,14H,3-7H2,1-2H3,(H,12,13). The number of rotatable bonds is 5. The van der Waals surface area contributed by atoms with Gasteiger partial charge in [-0.05, 0) is 13.3 Å². The van der Waals surface area contributed by atoms with E-state index in [1.165, 1.54) is 4.31 Å². The minimum Gasteiger partial charge on any atom is -0.379 e. The van der Waals surface area contributed by atoms with Crippen LogP contribution in [0.4, 0.5) is 0 Å². The van der Waals surface area contributed by atoms with Gasteiger partial charge in [-0.1, -0.05) is 6.92 Å². The van der Waals surface area contributed by atoms with Crippen LogP contribution in [-0.4, -0.2) is 49.0 Å². The summed E-state index contributed by atoms with van der Waals surface area (Å²) in [6.07, 6.45) is 2.33. The van der Waals surface area contributed by atoms with Gasteiger partial charge in [-0.2, -0.15) is 17.4 Å². The molecule has 1 aliphatic rings. The summed E-state index contributed by atoms with van der Waals surface area (Å²) in [6.45, 7) is 5.48. The number of nitrogens with zero attached hydrogens (tertiary/aromatic N) is 2. The normalized spacial score (nSPS) is 19.5. The Morgan fingerprint density at radius 2 is 2.21 bits per heavy atom. The lowest BCUT2D eigenvalue weighted by Gasteiger charge is -2.27. The first-order valence-corrected chi connectivity index (χ1v) is 7.83. The molecule has 1 atom stereocenters. The summed E-state index contributed by atoms with van der Waals surface area (Å²) in [6, 6.07) is -0.332. The van der Waals surface area contributed by atoms with Gasteiger partial charge in [-0.25, -0.2) is 4.98 Å². The van der Waals surface area contributed by atoms with Gasteiger partial charge < -0.3 is 9.72 Å².